The van der Waals surface area contributed by atoms with Crippen molar-refractivity contribution in [2.45, 2.75) is 25.2 Å². The highest BCUT2D eigenvalue weighted by Crippen LogP contribution is 2.45. The van der Waals surface area contributed by atoms with Crippen molar-refractivity contribution >= 4 is 75.1 Å². The molecule has 0 N–H and O–H groups in total. The monoisotopic (exact) mass is 734 g/mol. The molecule has 11 aromatic rings. The summed E-state index contributed by atoms with van der Waals surface area (Å²) in [5.41, 5.74) is 15.8. The van der Waals surface area contributed by atoms with Gasteiger partial charge < -0.3 is 9.13 Å². The summed E-state index contributed by atoms with van der Waals surface area (Å²) >= 11 is 1.90. The fourth-order valence-corrected chi connectivity index (χ4v) is 11.0. The van der Waals surface area contributed by atoms with Crippen molar-refractivity contribution in [2.75, 3.05) is 0 Å². The zero-order chi connectivity index (χ0) is 36.9. The zero-order valence-electron chi connectivity index (χ0n) is 31.2. The van der Waals surface area contributed by atoms with E-state index in [1.807, 2.05) is 11.3 Å². The maximum atomic E-state index is 2.47. The van der Waals surface area contributed by atoms with Crippen LogP contribution in [-0.4, -0.2) is 9.13 Å². The highest BCUT2D eigenvalue weighted by atomic mass is 32.1. The molecule has 1 atom stereocenters. The Morgan fingerprint density at radius 2 is 1.16 bits per heavy atom. The molecule has 1 aliphatic rings. The van der Waals surface area contributed by atoms with Crippen LogP contribution in [0.2, 0.25) is 0 Å². The Morgan fingerprint density at radius 1 is 0.500 bits per heavy atom. The lowest BCUT2D eigenvalue weighted by Gasteiger charge is -2.28. The van der Waals surface area contributed by atoms with Crippen molar-refractivity contribution in [1.29, 1.82) is 0 Å². The minimum atomic E-state index is 0.475. The lowest BCUT2D eigenvalue weighted by atomic mass is 9.75. The SMILES string of the molecule is Cn1c2ccccc2c2cc(-n3c4ccccc4c4cc(-c5ccc6c(c5)-c5ccccc5CC6CCc5ccc6sc7ccccc7c6c5)ccc43)ccc21. The standard InChI is InChI=1S/C53H38N2S/c1-54-48-15-7-4-12-41(48)46-32-38(23-26-49(46)54)55-50-16-8-5-13-42(50)45-31-35(22-25-51(45)55)34-21-24-40-37(29-36-10-2-3-11-39(36)44(40)30-34)20-18-33-19-27-53-47(28-33)43-14-6-9-17-52(43)56-53/h2-17,19,21-28,30-32,37H,18,20,29H2,1H3. The first kappa shape index (κ1) is 31.9. The summed E-state index contributed by atoms with van der Waals surface area (Å²) < 4.78 is 7.50. The van der Waals surface area contributed by atoms with Crippen molar-refractivity contribution in [2.24, 2.45) is 7.05 Å². The van der Waals surface area contributed by atoms with Gasteiger partial charge in [0.2, 0.25) is 0 Å². The Kier molecular flexibility index (Phi) is 7.00. The van der Waals surface area contributed by atoms with E-state index in [-0.39, 0.29) is 0 Å². The van der Waals surface area contributed by atoms with Crippen molar-refractivity contribution in [3.05, 3.63) is 187 Å². The second kappa shape index (κ2) is 12.3. The molecule has 0 amide bonds. The van der Waals surface area contributed by atoms with E-state index in [0.29, 0.717) is 5.92 Å². The fourth-order valence-electron chi connectivity index (χ4n) is 9.91. The predicted molar refractivity (Wildman–Crippen MR) is 240 cm³/mol. The molecule has 1 unspecified atom stereocenters. The average molecular weight is 735 g/mol. The predicted octanol–water partition coefficient (Wildman–Crippen LogP) is 14.4. The molecule has 0 saturated carbocycles. The smallest absolute Gasteiger partial charge is 0.0541 e. The lowest BCUT2D eigenvalue weighted by molar-refractivity contribution is 0.616. The van der Waals surface area contributed by atoms with Crippen LogP contribution in [0.1, 0.15) is 29.0 Å². The number of hydrogen-bond donors (Lipinski definition) is 0. The Hall–Kier alpha value is -6.42. The van der Waals surface area contributed by atoms with Gasteiger partial charge in [0.1, 0.15) is 0 Å². The number of benzene rings is 8. The van der Waals surface area contributed by atoms with E-state index in [1.165, 1.54) is 108 Å². The summed E-state index contributed by atoms with van der Waals surface area (Å²) in [4.78, 5) is 0. The minimum Gasteiger partial charge on any atom is -0.344 e. The summed E-state index contributed by atoms with van der Waals surface area (Å²) in [6, 6.07) is 63.9. The molecule has 8 aromatic carbocycles. The van der Waals surface area contributed by atoms with Crippen LogP contribution in [0.3, 0.4) is 0 Å². The summed E-state index contributed by atoms with van der Waals surface area (Å²) in [5.74, 6) is 0.475. The van der Waals surface area contributed by atoms with E-state index < -0.39 is 0 Å². The Labute approximate surface area is 329 Å². The molecule has 1 aliphatic carbocycles. The maximum Gasteiger partial charge on any atom is 0.0541 e. The first-order valence-electron chi connectivity index (χ1n) is 19.8. The van der Waals surface area contributed by atoms with Crippen LogP contribution in [0.15, 0.2) is 170 Å². The van der Waals surface area contributed by atoms with Crippen LogP contribution in [0.25, 0.3) is 91.7 Å². The Balaban J connectivity index is 0.931. The number of fused-ring (bicyclic) bond motifs is 12. The summed E-state index contributed by atoms with van der Waals surface area (Å²) in [6.07, 6.45) is 3.29. The molecule has 0 fully saturated rings. The van der Waals surface area contributed by atoms with Crippen LogP contribution < -0.4 is 0 Å². The maximum absolute atomic E-state index is 2.47. The molecule has 2 nitrogen and oxygen atoms in total. The van der Waals surface area contributed by atoms with Gasteiger partial charge in [-0.05, 0) is 131 Å². The van der Waals surface area contributed by atoms with Crippen molar-refractivity contribution in [3.8, 4) is 27.9 Å². The fraction of sp³-hybridized carbons (Fsp3) is 0.0943. The topological polar surface area (TPSA) is 9.86 Å². The van der Waals surface area contributed by atoms with E-state index in [4.69, 9.17) is 0 Å². The molecule has 3 heteroatoms. The third-order valence-corrected chi connectivity index (χ3v) is 13.8. The quantitative estimate of drug-likeness (QED) is 0.167. The van der Waals surface area contributed by atoms with Gasteiger partial charge in [-0.25, -0.2) is 0 Å². The van der Waals surface area contributed by atoms with Gasteiger partial charge in [0, 0.05) is 65.5 Å². The third kappa shape index (κ3) is 4.80. The number of thiophene rings is 1. The molecule has 0 spiro atoms. The number of nitrogens with zero attached hydrogens (tertiary/aromatic N) is 2. The molecular weight excluding hydrogens is 697 g/mol. The average Bonchev–Trinajstić information content (AvgIpc) is 3.89. The van der Waals surface area contributed by atoms with Crippen LogP contribution in [-0.2, 0) is 19.9 Å². The molecule has 0 radical (unpaired) electrons. The van der Waals surface area contributed by atoms with Gasteiger partial charge in [0.25, 0.3) is 0 Å². The van der Waals surface area contributed by atoms with Gasteiger partial charge in [-0.2, -0.15) is 0 Å². The van der Waals surface area contributed by atoms with Crippen LogP contribution in [0.5, 0.6) is 0 Å². The molecule has 3 aromatic heterocycles. The van der Waals surface area contributed by atoms with Gasteiger partial charge in [0.05, 0.1) is 11.0 Å². The number of hydrogen-bond acceptors (Lipinski definition) is 1. The van der Waals surface area contributed by atoms with E-state index in [1.54, 1.807) is 0 Å². The second-order valence-electron chi connectivity index (χ2n) is 15.7. The first-order valence-corrected chi connectivity index (χ1v) is 20.6. The number of rotatable bonds is 5. The summed E-state index contributed by atoms with van der Waals surface area (Å²) in [6.45, 7) is 0. The molecule has 3 heterocycles. The largest absolute Gasteiger partial charge is 0.344 e. The van der Waals surface area contributed by atoms with Gasteiger partial charge in [0.15, 0.2) is 0 Å². The molecule has 266 valence electrons. The lowest BCUT2D eigenvalue weighted by Crippen LogP contribution is -2.12. The van der Waals surface area contributed by atoms with Crippen LogP contribution in [0, 0.1) is 0 Å². The van der Waals surface area contributed by atoms with E-state index in [2.05, 4.69) is 186 Å². The van der Waals surface area contributed by atoms with Gasteiger partial charge >= 0.3 is 0 Å². The normalized spacial score (nSPS) is 14.1. The van der Waals surface area contributed by atoms with Gasteiger partial charge in [-0.15, -0.1) is 11.3 Å². The highest BCUT2D eigenvalue weighted by molar-refractivity contribution is 7.25. The van der Waals surface area contributed by atoms with Crippen molar-refractivity contribution < 1.29 is 0 Å². The van der Waals surface area contributed by atoms with Gasteiger partial charge in [-0.3, -0.25) is 0 Å². The van der Waals surface area contributed by atoms with Crippen LogP contribution in [0.4, 0.5) is 0 Å². The second-order valence-corrected chi connectivity index (χ2v) is 16.8. The van der Waals surface area contributed by atoms with E-state index >= 15 is 0 Å². The Morgan fingerprint density at radius 3 is 2.07 bits per heavy atom. The van der Waals surface area contributed by atoms with Crippen molar-refractivity contribution in [3.63, 3.8) is 0 Å². The third-order valence-electron chi connectivity index (χ3n) is 12.7. The molecule has 56 heavy (non-hydrogen) atoms. The first-order chi connectivity index (χ1) is 27.7. The number of aryl methyl sites for hydroxylation is 2. The minimum absolute atomic E-state index is 0.475. The Bertz CT molecular complexity index is 3370. The molecular formula is C53H38N2S. The molecule has 0 saturated heterocycles. The molecule has 0 bridgehead atoms. The zero-order valence-corrected chi connectivity index (χ0v) is 32.0. The molecule has 12 rings (SSSR count). The van der Waals surface area contributed by atoms with Gasteiger partial charge in [-0.1, -0.05) is 103 Å². The highest BCUT2D eigenvalue weighted by Gasteiger charge is 2.25. The summed E-state index contributed by atoms with van der Waals surface area (Å²) in [5, 5.41) is 7.91. The van der Waals surface area contributed by atoms with Crippen LogP contribution >= 0.6 is 11.3 Å². The van der Waals surface area contributed by atoms with Crippen molar-refractivity contribution in [1.82, 2.24) is 9.13 Å². The summed E-state index contributed by atoms with van der Waals surface area (Å²) in [7, 11) is 2.17. The van der Waals surface area contributed by atoms with E-state index in [9.17, 15) is 0 Å². The van der Waals surface area contributed by atoms with E-state index in [0.717, 1.165) is 19.3 Å². The number of aromatic nitrogens is 2. The molecule has 0 aliphatic heterocycles. The number of para-hydroxylation sites is 2.